The van der Waals surface area contributed by atoms with Crippen LogP contribution in [0.3, 0.4) is 0 Å². The Kier molecular flexibility index (Phi) is 5.02. The number of benzene rings is 1. The van der Waals surface area contributed by atoms with Gasteiger partial charge in [-0.1, -0.05) is 25.1 Å². The Morgan fingerprint density at radius 3 is 2.94 bits per heavy atom. The summed E-state index contributed by atoms with van der Waals surface area (Å²) in [7, 11) is 2.04. The molecule has 1 aromatic carbocycles. The number of fused-ring (bicyclic) bond motifs is 1. The lowest BCUT2D eigenvalue weighted by molar-refractivity contribution is 0.140. The number of anilines is 1. The van der Waals surface area contributed by atoms with Crippen molar-refractivity contribution < 1.29 is 4.74 Å². The van der Waals surface area contributed by atoms with Crippen LogP contribution in [0.1, 0.15) is 31.4 Å². The lowest BCUT2D eigenvalue weighted by Crippen LogP contribution is -2.36. The zero-order valence-electron chi connectivity index (χ0n) is 11.5. The van der Waals surface area contributed by atoms with Gasteiger partial charge < -0.3 is 15.0 Å². The molecule has 3 heteroatoms. The van der Waals surface area contributed by atoms with Gasteiger partial charge in [0.2, 0.25) is 0 Å². The second kappa shape index (κ2) is 6.76. The highest BCUT2D eigenvalue weighted by Crippen LogP contribution is 2.32. The van der Waals surface area contributed by atoms with Crippen LogP contribution in [0.2, 0.25) is 0 Å². The molecule has 0 bridgehead atoms. The number of para-hydroxylation sites is 1. The maximum atomic E-state index is 5.60. The van der Waals surface area contributed by atoms with Crippen molar-refractivity contribution in [1.82, 2.24) is 5.32 Å². The number of hydrogen-bond acceptors (Lipinski definition) is 3. The van der Waals surface area contributed by atoms with Crippen molar-refractivity contribution in [2.24, 2.45) is 0 Å². The first-order valence-corrected chi connectivity index (χ1v) is 6.95. The molecule has 0 spiro atoms. The lowest BCUT2D eigenvalue weighted by Gasteiger charge is -2.35. The number of nitrogens with zero attached hydrogens (tertiary/aromatic N) is 1. The summed E-state index contributed by atoms with van der Waals surface area (Å²) in [5, 5.41) is 3.40. The average molecular weight is 248 g/mol. The first kappa shape index (κ1) is 13.4. The molecule has 1 aliphatic heterocycles. The second-order valence-corrected chi connectivity index (χ2v) is 4.79. The minimum Gasteiger partial charge on any atom is -0.380 e. The Morgan fingerprint density at radius 1 is 1.33 bits per heavy atom. The van der Waals surface area contributed by atoms with E-state index in [1.165, 1.54) is 17.7 Å². The molecule has 1 N–H and O–H groups in total. The average Bonchev–Trinajstić information content (AvgIpc) is 2.43. The molecule has 1 aliphatic rings. The van der Waals surface area contributed by atoms with Gasteiger partial charge in [0.25, 0.3) is 0 Å². The van der Waals surface area contributed by atoms with Gasteiger partial charge in [-0.25, -0.2) is 0 Å². The molecule has 0 radical (unpaired) electrons. The Morgan fingerprint density at radius 2 is 2.17 bits per heavy atom. The first-order chi connectivity index (χ1) is 8.86. The fourth-order valence-corrected chi connectivity index (χ4v) is 2.58. The molecule has 0 aliphatic carbocycles. The maximum Gasteiger partial charge on any atom is 0.0641 e. The van der Waals surface area contributed by atoms with Crippen LogP contribution in [0, 0.1) is 0 Å². The highest BCUT2D eigenvalue weighted by atomic mass is 16.5. The Bertz CT molecular complexity index is 367. The van der Waals surface area contributed by atoms with Crippen LogP contribution in [-0.2, 0) is 4.74 Å². The van der Waals surface area contributed by atoms with Gasteiger partial charge in [-0.2, -0.15) is 0 Å². The molecule has 3 nitrogen and oxygen atoms in total. The van der Waals surface area contributed by atoms with Gasteiger partial charge in [-0.05, 0) is 31.5 Å². The zero-order valence-corrected chi connectivity index (χ0v) is 11.5. The van der Waals surface area contributed by atoms with Gasteiger partial charge in [-0.15, -0.1) is 0 Å². The highest BCUT2D eigenvalue weighted by molar-refractivity contribution is 5.56. The fourth-order valence-electron chi connectivity index (χ4n) is 2.58. The molecule has 1 unspecified atom stereocenters. The van der Waals surface area contributed by atoms with Crippen LogP contribution in [-0.4, -0.2) is 33.4 Å². The summed E-state index contributed by atoms with van der Waals surface area (Å²) in [4.78, 5) is 2.44. The molecule has 1 atom stereocenters. The third kappa shape index (κ3) is 3.03. The Balaban J connectivity index is 2.01. The van der Waals surface area contributed by atoms with E-state index in [1.807, 2.05) is 7.05 Å². The number of hydrogen-bond donors (Lipinski definition) is 1. The standard InChI is InChI=1S/C15H24N2O/c1-3-11-18-12-10-17-9-8-14(16-2)13-6-4-5-7-15(13)17/h4-7,14,16H,3,8-12H2,1-2H3. The normalized spacial score (nSPS) is 18.8. The van der Waals surface area contributed by atoms with E-state index >= 15 is 0 Å². The van der Waals surface area contributed by atoms with Crippen molar-refractivity contribution in [2.45, 2.75) is 25.8 Å². The van der Waals surface area contributed by atoms with Crippen molar-refractivity contribution in [3.63, 3.8) is 0 Å². The summed E-state index contributed by atoms with van der Waals surface area (Å²) in [5.74, 6) is 0. The first-order valence-electron chi connectivity index (χ1n) is 6.95. The lowest BCUT2D eigenvalue weighted by atomic mass is 9.96. The largest absolute Gasteiger partial charge is 0.380 e. The minimum atomic E-state index is 0.494. The predicted octanol–water partition coefficient (Wildman–Crippen LogP) is 2.58. The molecule has 2 rings (SSSR count). The maximum absolute atomic E-state index is 5.60. The van der Waals surface area contributed by atoms with E-state index < -0.39 is 0 Å². The molecular weight excluding hydrogens is 224 g/mol. The third-order valence-electron chi connectivity index (χ3n) is 3.54. The van der Waals surface area contributed by atoms with E-state index in [1.54, 1.807) is 0 Å². The van der Waals surface area contributed by atoms with Crippen LogP contribution in [0.4, 0.5) is 5.69 Å². The van der Waals surface area contributed by atoms with Gasteiger partial charge >= 0.3 is 0 Å². The van der Waals surface area contributed by atoms with Gasteiger partial charge in [0.05, 0.1) is 6.61 Å². The molecule has 0 saturated carbocycles. The number of ether oxygens (including phenoxy) is 1. The smallest absolute Gasteiger partial charge is 0.0641 e. The van der Waals surface area contributed by atoms with Gasteiger partial charge in [-0.3, -0.25) is 0 Å². The summed E-state index contributed by atoms with van der Waals surface area (Å²) < 4.78 is 5.60. The Hall–Kier alpha value is -1.06. The van der Waals surface area contributed by atoms with E-state index in [0.29, 0.717) is 6.04 Å². The fraction of sp³-hybridized carbons (Fsp3) is 0.600. The molecule has 18 heavy (non-hydrogen) atoms. The van der Waals surface area contributed by atoms with Crippen molar-refractivity contribution in [3.8, 4) is 0 Å². The third-order valence-corrected chi connectivity index (χ3v) is 3.54. The molecule has 0 aromatic heterocycles. The molecule has 1 aromatic rings. The summed E-state index contributed by atoms with van der Waals surface area (Å²) in [6, 6.07) is 9.19. The van der Waals surface area contributed by atoms with Crippen LogP contribution in [0.15, 0.2) is 24.3 Å². The van der Waals surface area contributed by atoms with Crippen LogP contribution < -0.4 is 10.2 Å². The topological polar surface area (TPSA) is 24.5 Å². The van der Waals surface area contributed by atoms with E-state index in [2.05, 4.69) is 41.4 Å². The van der Waals surface area contributed by atoms with Crippen LogP contribution in [0.25, 0.3) is 0 Å². The molecule has 1 heterocycles. The monoisotopic (exact) mass is 248 g/mol. The van der Waals surface area contributed by atoms with Crippen molar-refractivity contribution in [2.75, 3.05) is 38.3 Å². The number of rotatable bonds is 6. The van der Waals surface area contributed by atoms with Crippen molar-refractivity contribution in [3.05, 3.63) is 29.8 Å². The van der Waals surface area contributed by atoms with Crippen molar-refractivity contribution >= 4 is 5.69 Å². The zero-order chi connectivity index (χ0) is 12.8. The van der Waals surface area contributed by atoms with Crippen LogP contribution in [0.5, 0.6) is 0 Å². The summed E-state index contributed by atoms with van der Waals surface area (Å²) >= 11 is 0. The van der Waals surface area contributed by atoms with E-state index in [-0.39, 0.29) is 0 Å². The summed E-state index contributed by atoms with van der Waals surface area (Å²) in [5.41, 5.74) is 2.78. The Labute approximate surface area is 110 Å². The second-order valence-electron chi connectivity index (χ2n) is 4.79. The quantitative estimate of drug-likeness (QED) is 0.783. The predicted molar refractivity (Wildman–Crippen MR) is 76.2 cm³/mol. The van der Waals surface area contributed by atoms with Gasteiger partial charge in [0, 0.05) is 31.4 Å². The SMILES string of the molecule is CCCOCCN1CCC(NC)c2ccccc21. The molecule has 0 saturated heterocycles. The molecular formula is C15H24N2O. The molecule has 0 fully saturated rings. The minimum absolute atomic E-state index is 0.494. The number of nitrogens with one attached hydrogen (secondary N) is 1. The molecule has 100 valence electrons. The molecule has 0 amide bonds. The van der Waals surface area contributed by atoms with E-state index in [0.717, 1.165) is 32.7 Å². The summed E-state index contributed by atoms with van der Waals surface area (Å²) in [6.07, 6.45) is 2.26. The van der Waals surface area contributed by atoms with Gasteiger partial charge in [0.15, 0.2) is 0 Å². The van der Waals surface area contributed by atoms with Crippen LogP contribution >= 0.6 is 0 Å². The highest BCUT2D eigenvalue weighted by Gasteiger charge is 2.22. The van der Waals surface area contributed by atoms with Crippen molar-refractivity contribution in [1.29, 1.82) is 0 Å². The van der Waals surface area contributed by atoms with Gasteiger partial charge in [0.1, 0.15) is 0 Å². The van der Waals surface area contributed by atoms with E-state index in [9.17, 15) is 0 Å². The van der Waals surface area contributed by atoms with E-state index in [4.69, 9.17) is 4.74 Å². The summed E-state index contributed by atoms with van der Waals surface area (Å²) in [6.45, 7) is 5.94.